The minimum atomic E-state index is 0.0178. The molecule has 0 saturated carbocycles. The lowest BCUT2D eigenvalue weighted by Gasteiger charge is -2.41. The van der Waals surface area contributed by atoms with E-state index >= 15 is 0 Å². The Morgan fingerprint density at radius 1 is 1.59 bits per heavy atom. The third-order valence-corrected chi connectivity index (χ3v) is 4.51. The SMILES string of the molecule is C[C@H]1C(=O)N2CCC[C@@H]2CN1Cc1cnsc1. The van der Waals surface area contributed by atoms with Crippen LogP contribution < -0.4 is 0 Å². The van der Waals surface area contributed by atoms with Gasteiger partial charge in [0.1, 0.15) is 0 Å². The summed E-state index contributed by atoms with van der Waals surface area (Å²) in [6, 6.07) is 0.467. The van der Waals surface area contributed by atoms with Crippen LogP contribution in [0.4, 0.5) is 0 Å². The summed E-state index contributed by atoms with van der Waals surface area (Å²) >= 11 is 1.48. The van der Waals surface area contributed by atoms with E-state index in [1.54, 1.807) is 0 Å². The summed E-state index contributed by atoms with van der Waals surface area (Å²) in [5.74, 6) is 0.307. The predicted molar refractivity (Wildman–Crippen MR) is 66.7 cm³/mol. The predicted octanol–water partition coefficient (Wildman–Crippen LogP) is 1.34. The highest BCUT2D eigenvalue weighted by Crippen LogP contribution is 2.26. The van der Waals surface area contributed by atoms with E-state index in [-0.39, 0.29) is 6.04 Å². The van der Waals surface area contributed by atoms with E-state index in [4.69, 9.17) is 0 Å². The third kappa shape index (κ3) is 1.98. The van der Waals surface area contributed by atoms with Crippen LogP contribution in [0.1, 0.15) is 25.3 Å². The number of nitrogens with zero attached hydrogens (tertiary/aromatic N) is 3. The van der Waals surface area contributed by atoms with Crippen LogP contribution >= 0.6 is 11.5 Å². The molecule has 4 nitrogen and oxygen atoms in total. The molecule has 1 aromatic heterocycles. The molecule has 0 bridgehead atoms. The van der Waals surface area contributed by atoms with Crippen molar-refractivity contribution in [2.45, 2.75) is 38.4 Å². The minimum absolute atomic E-state index is 0.0178. The molecular weight excluding hydrogens is 234 g/mol. The van der Waals surface area contributed by atoms with Gasteiger partial charge in [-0.25, -0.2) is 4.37 Å². The molecule has 92 valence electrons. The van der Waals surface area contributed by atoms with E-state index in [1.807, 2.05) is 13.1 Å². The highest BCUT2D eigenvalue weighted by Gasteiger charge is 2.39. The van der Waals surface area contributed by atoms with Crippen molar-refractivity contribution in [2.75, 3.05) is 13.1 Å². The van der Waals surface area contributed by atoms with Gasteiger partial charge >= 0.3 is 0 Å². The molecular formula is C12H17N3OS. The fourth-order valence-electron chi connectivity index (χ4n) is 2.88. The van der Waals surface area contributed by atoms with Crippen molar-refractivity contribution in [3.63, 3.8) is 0 Å². The van der Waals surface area contributed by atoms with Crippen molar-refractivity contribution in [3.05, 3.63) is 17.1 Å². The minimum Gasteiger partial charge on any atom is -0.337 e. The second-order valence-electron chi connectivity index (χ2n) is 4.97. The van der Waals surface area contributed by atoms with E-state index < -0.39 is 0 Å². The molecule has 3 rings (SSSR count). The van der Waals surface area contributed by atoms with Gasteiger partial charge in [0.05, 0.1) is 6.04 Å². The average Bonchev–Trinajstić information content (AvgIpc) is 2.96. The molecule has 0 aliphatic carbocycles. The Kier molecular flexibility index (Phi) is 2.88. The first-order valence-corrected chi connectivity index (χ1v) is 7.02. The zero-order valence-corrected chi connectivity index (χ0v) is 10.8. The van der Waals surface area contributed by atoms with Crippen LogP contribution in [-0.2, 0) is 11.3 Å². The molecule has 2 fully saturated rings. The Morgan fingerprint density at radius 3 is 3.24 bits per heavy atom. The number of amides is 1. The standard InChI is InChI=1S/C12H17N3OS/c1-9-12(16)15-4-2-3-11(15)7-14(9)6-10-5-13-17-8-10/h5,8-9,11H,2-4,6-7H2,1H3/t9-,11+/m0/s1. The maximum absolute atomic E-state index is 12.2. The topological polar surface area (TPSA) is 36.4 Å². The van der Waals surface area contributed by atoms with Crippen LogP contribution in [0, 0.1) is 0 Å². The summed E-state index contributed by atoms with van der Waals surface area (Å²) in [5, 5.41) is 2.07. The van der Waals surface area contributed by atoms with E-state index in [0.29, 0.717) is 11.9 Å². The van der Waals surface area contributed by atoms with Crippen LogP contribution in [0.5, 0.6) is 0 Å². The van der Waals surface area contributed by atoms with Crippen LogP contribution in [-0.4, -0.2) is 45.3 Å². The molecule has 2 saturated heterocycles. The molecule has 2 aliphatic rings. The molecule has 0 radical (unpaired) electrons. The van der Waals surface area contributed by atoms with Gasteiger partial charge in [-0.1, -0.05) is 0 Å². The Morgan fingerprint density at radius 2 is 2.47 bits per heavy atom. The van der Waals surface area contributed by atoms with E-state index in [2.05, 4.69) is 19.6 Å². The Labute approximate surface area is 105 Å². The lowest BCUT2D eigenvalue weighted by molar-refractivity contribution is -0.143. The maximum atomic E-state index is 12.2. The number of rotatable bonds is 2. The summed E-state index contributed by atoms with van der Waals surface area (Å²) in [6.07, 6.45) is 4.23. The number of piperazine rings is 1. The fourth-order valence-corrected chi connectivity index (χ4v) is 3.41. The van der Waals surface area contributed by atoms with Crippen molar-refractivity contribution >= 4 is 17.4 Å². The number of carbonyl (C=O) groups is 1. The molecule has 0 N–H and O–H groups in total. The van der Waals surface area contributed by atoms with Crippen molar-refractivity contribution in [2.24, 2.45) is 0 Å². The van der Waals surface area contributed by atoms with Gasteiger partial charge in [0.25, 0.3) is 0 Å². The molecule has 1 amide bonds. The Balaban J connectivity index is 1.74. The van der Waals surface area contributed by atoms with Gasteiger partial charge in [-0.15, -0.1) is 0 Å². The van der Waals surface area contributed by atoms with Gasteiger partial charge < -0.3 is 4.90 Å². The molecule has 1 aromatic rings. The van der Waals surface area contributed by atoms with Crippen molar-refractivity contribution < 1.29 is 4.79 Å². The van der Waals surface area contributed by atoms with E-state index in [9.17, 15) is 4.79 Å². The second-order valence-corrected chi connectivity index (χ2v) is 5.62. The van der Waals surface area contributed by atoms with Crippen LogP contribution in [0.15, 0.2) is 11.6 Å². The van der Waals surface area contributed by atoms with Crippen LogP contribution in [0.25, 0.3) is 0 Å². The largest absolute Gasteiger partial charge is 0.337 e. The smallest absolute Gasteiger partial charge is 0.239 e. The first-order chi connectivity index (χ1) is 8.25. The zero-order valence-electron chi connectivity index (χ0n) is 10.0. The third-order valence-electron chi connectivity index (χ3n) is 3.88. The first kappa shape index (κ1) is 11.2. The molecule has 3 heterocycles. The highest BCUT2D eigenvalue weighted by molar-refractivity contribution is 7.03. The monoisotopic (exact) mass is 251 g/mol. The highest BCUT2D eigenvalue weighted by atomic mass is 32.1. The summed E-state index contributed by atoms with van der Waals surface area (Å²) in [7, 11) is 0. The maximum Gasteiger partial charge on any atom is 0.239 e. The van der Waals surface area contributed by atoms with Gasteiger partial charge in [-0.05, 0) is 36.9 Å². The van der Waals surface area contributed by atoms with Gasteiger partial charge in [0, 0.05) is 37.3 Å². The summed E-state index contributed by atoms with van der Waals surface area (Å²) in [6.45, 7) is 4.86. The molecule has 0 spiro atoms. The van der Waals surface area contributed by atoms with Gasteiger partial charge in [-0.3, -0.25) is 9.69 Å². The first-order valence-electron chi connectivity index (χ1n) is 6.18. The van der Waals surface area contributed by atoms with Crippen molar-refractivity contribution in [1.82, 2.24) is 14.2 Å². The lowest BCUT2D eigenvalue weighted by atomic mass is 10.1. The van der Waals surface area contributed by atoms with Gasteiger partial charge in [0.15, 0.2) is 0 Å². The van der Waals surface area contributed by atoms with Crippen LogP contribution in [0.3, 0.4) is 0 Å². The number of hydrogen-bond acceptors (Lipinski definition) is 4. The van der Waals surface area contributed by atoms with Crippen molar-refractivity contribution in [3.8, 4) is 0 Å². The normalized spacial score (nSPS) is 29.7. The lowest BCUT2D eigenvalue weighted by Crippen LogP contribution is -2.58. The molecule has 5 heteroatoms. The Bertz CT molecular complexity index is 406. The average molecular weight is 251 g/mol. The van der Waals surface area contributed by atoms with Crippen LogP contribution in [0.2, 0.25) is 0 Å². The molecule has 2 aliphatic heterocycles. The number of hydrogen-bond donors (Lipinski definition) is 0. The molecule has 0 unspecified atom stereocenters. The molecule has 2 atom stereocenters. The fraction of sp³-hybridized carbons (Fsp3) is 0.667. The van der Waals surface area contributed by atoms with E-state index in [0.717, 1.165) is 32.5 Å². The molecule has 0 aromatic carbocycles. The van der Waals surface area contributed by atoms with Gasteiger partial charge in [-0.2, -0.15) is 0 Å². The van der Waals surface area contributed by atoms with Gasteiger partial charge in [0.2, 0.25) is 5.91 Å². The van der Waals surface area contributed by atoms with E-state index in [1.165, 1.54) is 17.1 Å². The summed E-state index contributed by atoms with van der Waals surface area (Å²) < 4.78 is 4.12. The Hall–Kier alpha value is -0.940. The molecule has 17 heavy (non-hydrogen) atoms. The number of fused-ring (bicyclic) bond motifs is 1. The van der Waals surface area contributed by atoms with Crippen molar-refractivity contribution in [1.29, 1.82) is 0 Å². The summed E-state index contributed by atoms with van der Waals surface area (Å²) in [5.41, 5.74) is 1.22. The quantitative estimate of drug-likeness (QED) is 0.796. The summed E-state index contributed by atoms with van der Waals surface area (Å²) in [4.78, 5) is 16.6. The zero-order chi connectivity index (χ0) is 11.8. The second kappa shape index (κ2) is 4.38. The number of carbonyl (C=O) groups excluding carboxylic acids is 1. The number of aromatic nitrogens is 1.